The van der Waals surface area contributed by atoms with Gasteiger partial charge in [0.25, 0.3) is 11.4 Å². The Labute approximate surface area is 88.2 Å². The fraction of sp³-hybridized carbons (Fsp3) is 0. The molecule has 0 spiro atoms. The van der Waals surface area contributed by atoms with E-state index >= 15 is 0 Å². The number of anilines is 1. The number of carbonyl (C=O) groups excluding carboxylic acids is 1. The van der Waals surface area contributed by atoms with Crippen molar-refractivity contribution in [3.05, 3.63) is 38.4 Å². The summed E-state index contributed by atoms with van der Waals surface area (Å²) in [7, 11) is 0. The van der Waals surface area contributed by atoms with E-state index in [4.69, 9.17) is 5.73 Å². The van der Waals surface area contributed by atoms with Crippen LogP contribution in [0.1, 0.15) is 0 Å². The van der Waals surface area contributed by atoms with E-state index in [1.54, 1.807) is 0 Å². The van der Waals surface area contributed by atoms with E-state index in [0.717, 1.165) is 18.2 Å². The molecule has 2 amide bonds. The largest absolute Gasteiger partial charge is 0.351 e. The van der Waals surface area contributed by atoms with E-state index in [0.29, 0.717) is 0 Å². The number of nitro benzene ring substituents is 2. The summed E-state index contributed by atoms with van der Waals surface area (Å²) in [5.74, 6) is 0. The van der Waals surface area contributed by atoms with Crippen molar-refractivity contribution < 1.29 is 14.6 Å². The summed E-state index contributed by atoms with van der Waals surface area (Å²) in [6.45, 7) is 0. The monoisotopic (exact) mass is 226 g/mol. The fourth-order valence-electron chi connectivity index (χ4n) is 1.02. The maximum Gasteiger partial charge on any atom is 0.316 e. The summed E-state index contributed by atoms with van der Waals surface area (Å²) in [6, 6.07) is 1.76. The van der Waals surface area contributed by atoms with E-state index in [-0.39, 0.29) is 5.69 Å². The zero-order valence-corrected chi connectivity index (χ0v) is 7.75. The molecular weight excluding hydrogens is 220 g/mol. The van der Waals surface area contributed by atoms with Gasteiger partial charge in [0.15, 0.2) is 0 Å². The maximum absolute atomic E-state index is 10.5. The van der Waals surface area contributed by atoms with E-state index in [1.807, 2.05) is 5.32 Å². The number of nitro groups is 2. The summed E-state index contributed by atoms with van der Waals surface area (Å²) in [6.07, 6.45) is 0. The first-order valence-electron chi connectivity index (χ1n) is 3.90. The van der Waals surface area contributed by atoms with Crippen molar-refractivity contribution >= 4 is 23.1 Å². The van der Waals surface area contributed by atoms with Gasteiger partial charge >= 0.3 is 6.03 Å². The van der Waals surface area contributed by atoms with Crippen LogP contribution in [0.15, 0.2) is 18.2 Å². The molecule has 16 heavy (non-hydrogen) atoms. The lowest BCUT2D eigenvalue weighted by Gasteiger charge is -2.01. The Hall–Kier alpha value is -2.71. The third-order valence-corrected chi connectivity index (χ3v) is 1.59. The first-order chi connectivity index (χ1) is 7.40. The Bertz CT molecular complexity index is 440. The Morgan fingerprint density at radius 2 is 1.56 bits per heavy atom. The highest BCUT2D eigenvalue weighted by Gasteiger charge is 2.16. The summed E-state index contributed by atoms with van der Waals surface area (Å²) >= 11 is 0. The van der Waals surface area contributed by atoms with E-state index in [1.165, 1.54) is 0 Å². The third kappa shape index (κ3) is 2.64. The molecule has 1 aromatic rings. The lowest BCUT2D eigenvalue weighted by Crippen LogP contribution is -2.19. The van der Waals surface area contributed by atoms with Gasteiger partial charge in [-0.05, 0) is 0 Å². The van der Waals surface area contributed by atoms with Gasteiger partial charge in [0.1, 0.15) is 0 Å². The molecule has 0 saturated carbocycles. The fourth-order valence-corrected chi connectivity index (χ4v) is 1.02. The molecule has 84 valence electrons. The van der Waals surface area contributed by atoms with Gasteiger partial charge < -0.3 is 11.1 Å². The number of non-ortho nitro benzene ring substituents is 2. The van der Waals surface area contributed by atoms with Crippen LogP contribution < -0.4 is 11.1 Å². The number of nitrogens with one attached hydrogen (secondary N) is 1. The van der Waals surface area contributed by atoms with Crippen molar-refractivity contribution in [2.75, 3.05) is 5.32 Å². The smallest absolute Gasteiger partial charge is 0.316 e. The number of hydrogen-bond acceptors (Lipinski definition) is 5. The van der Waals surface area contributed by atoms with Crippen LogP contribution in [0.3, 0.4) is 0 Å². The van der Waals surface area contributed by atoms with Crippen LogP contribution in [-0.2, 0) is 0 Å². The normalized spacial score (nSPS) is 9.50. The van der Waals surface area contributed by atoms with Crippen LogP contribution in [-0.4, -0.2) is 15.9 Å². The average Bonchev–Trinajstić information content (AvgIpc) is 2.15. The second-order valence-corrected chi connectivity index (χ2v) is 2.74. The van der Waals surface area contributed by atoms with E-state index in [9.17, 15) is 25.0 Å². The molecule has 0 bridgehead atoms. The summed E-state index contributed by atoms with van der Waals surface area (Å²) in [5, 5.41) is 22.9. The number of nitrogens with zero attached hydrogens (tertiary/aromatic N) is 2. The predicted octanol–water partition coefficient (Wildman–Crippen LogP) is 0.994. The second-order valence-electron chi connectivity index (χ2n) is 2.74. The van der Waals surface area contributed by atoms with Crippen LogP contribution >= 0.6 is 0 Å². The molecule has 1 aromatic carbocycles. The highest BCUT2D eigenvalue weighted by atomic mass is 16.6. The number of amides is 2. The number of urea groups is 1. The number of rotatable bonds is 3. The molecule has 0 aliphatic rings. The number of carbonyl (C=O) groups is 1. The molecule has 0 aliphatic carbocycles. The first-order valence-corrected chi connectivity index (χ1v) is 3.90. The van der Waals surface area contributed by atoms with Crippen molar-refractivity contribution in [3.63, 3.8) is 0 Å². The molecule has 0 radical (unpaired) electrons. The third-order valence-electron chi connectivity index (χ3n) is 1.59. The quantitative estimate of drug-likeness (QED) is 0.583. The van der Waals surface area contributed by atoms with Gasteiger partial charge in [-0.25, -0.2) is 4.79 Å². The molecule has 0 aromatic heterocycles. The lowest BCUT2D eigenvalue weighted by molar-refractivity contribution is -0.394. The molecule has 9 heteroatoms. The van der Waals surface area contributed by atoms with Crippen molar-refractivity contribution in [1.29, 1.82) is 0 Å². The SMILES string of the molecule is NC(=O)Nc1cc([N+](=O)[O-])cc([N+](=O)[O-])c1. The van der Waals surface area contributed by atoms with Crippen molar-refractivity contribution in [2.24, 2.45) is 5.73 Å². The minimum atomic E-state index is -0.963. The van der Waals surface area contributed by atoms with Crippen LogP contribution in [0.5, 0.6) is 0 Å². The van der Waals surface area contributed by atoms with Gasteiger partial charge in [-0.3, -0.25) is 20.2 Å². The number of primary amides is 1. The molecule has 9 nitrogen and oxygen atoms in total. The summed E-state index contributed by atoms with van der Waals surface area (Å²) in [5.41, 5.74) is 3.68. The topological polar surface area (TPSA) is 141 Å². The summed E-state index contributed by atoms with van der Waals surface area (Å²) < 4.78 is 0. The number of benzene rings is 1. The Morgan fingerprint density at radius 1 is 1.12 bits per heavy atom. The minimum Gasteiger partial charge on any atom is -0.351 e. The Morgan fingerprint density at radius 3 is 1.88 bits per heavy atom. The number of hydrogen-bond donors (Lipinski definition) is 2. The molecule has 1 rings (SSSR count). The zero-order chi connectivity index (χ0) is 12.3. The molecule has 0 fully saturated rings. The van der Waals surface area contributed by atoms with Crippen LogP contribution in [0, 0.1) is 20.2 Å². The summed E-state index contributed by atoms with van der Waals surface area (Å²) in [4.78, 5) is 29.8. The van der Waals surface area contributed by atoms with Gasteiger partial charge in [-0.1, -0.05) is 0 Å². The van der Waals surface area contributed by atoms with Gasteiger partial charge in [0, 0.05) is 12.1 Å². The standard InChI is InChI=1S/C7H6N4O5/c8-7(12)9-4-1-5(10(13)14)3-6(2-4)11(15)16/h1-3H,(H3,8,9,12). The Kier molecular flexibility index (Phi) is 2.99. The van der Waals surface area contributed by atoms with Crippen LogP contribution in [0.4, 0.5) is 21.9 Å². The molecule has 3 N–H and O–H groups in total. The maximum atomic E-state index is 10.5. The molecule has 0 aliphatic heterocycles. The Balaban J connectivity index is 3.23. The van der Waals surface area contributed by atoms with Crippen LogP contribution in [0.25, 0.3) is 0 Å². The van der Waals surface area contributed by atoms with E-state index < -0.39 is 27.3 Å². The average molecular weight is 226 g/mol. The van der Waals surface area contributed by atoms with Gasteiger partial charge in [0.2, 0.25) is 0 Å². The lowest BCUT2D eigenvalue weighted by atomic mass is 10.2. The van der Waals surface area contributed by atoms with Crippen molar-refractivity contribution in [3.8, 4) is 0 Å². The van der Waals surface area contributed by atoms with Crippen LogP contribution in [0.2, 0.25) is 0 Å². The van der Waals surface area contributed by atoms with Gasteiger partial charge in [-0.2, -0.15) is 0 Å². The van der Waals surface area contributed by atoms with Gasteiger partial charge in [-0.15, -0.1) is 0 Å². The first kappa shape index (κ1) is 11.4. The minimum absolute atomic E-state index is 0.103. The van der Waals surface area contributed by atoms with Gasteiger partial charge in [0.05, 0.1) is 21.6 Å². The van der Waals surface area contributed by atoms with Crippen molar-refractivity contribution in [1.82, 2.24) is 0 Å². The molecule has 0 atom stereocenters. The molecular formula is C7H6N4O5. The number of nitrogens with two attached hydrogens (primary N) is 1. The molecule has 0 heterocycles. The predicted molar refractivity (Wildman–Crippen MR) is 53.0 cm³/mol. The second kappa shape index (κ2) is 4.21. The molecule has 0 unspecified atom stereocenters. The van der Waals surface area contributed by atoms with E-state index in [2.05, 4.69) is 0 Å². The highest BCUT2D eigenvalue weighted by molar-refractivity contribution is 5.88. The highest BCUT2D eigenvalue weighted by Crippen LogP contribution is 2.25. The molecule has 0 saturated heterocycles. The zero-order valence-electron chi connectivity index (χ0n) is 7.75. The van der Waals surface area contributed by atoms with Crippen molar-refractivity contribution in [2.45, 2.75) is 0 Å².